The first-order valence-electron chi connectivity index (χ1n) is 7.75. The van der Waals surface area contributed by atoms with Gasteiger partial charge >= 0.3 is 0 Å². The van der Waals surface area contributed by atoms with E-state index in [4.69, 9.17) is 0 Å². The quantitative estimate of drug-likeness (QED) is 0.864. The number of aryl methyl sites for hydroxylation is 1. The second-order valence-electron chi connectivity index (χ2n) is 6.22. The summed E-state index contributed by atoms with van der Waals surface area (Å²) in [5, 5.41) is 3.58. The van der Waals surface area contributed by atoms with E-state index >= 15 is 0 Å². The van der Waals surface area contributed by atoms with E-state index in [0.29, 0.717) is 0 Å². The van der Waals surface area contributed by atoms with Crippen LogP contribution in [0.2, 0.25) is 0 Å². The van der Waals surface area contributed by atoms with E-state index in [-0.39, 0.29) is 0 Å². The molecule has 0 aliphatic heterocycles. The van der Waals surface area contributed by atoms with Crippen LogP contribution in [0.5, 0.6) is 0 Å². The van der Waals surface area contributed by atoms with E-state index < -0.39 is 0 Å². The van der Waals surface area contributed by atoms with Crippen LogP contribution < -0.4 is 10.2 Å². The van der Waals surface area contributed by atoms with Crippen molar-refractivity contribution in [3.63, 3.8) is 0 Å². The van der Waals surface area contributed by atoms with Gasteiger partial charge in [0.05, 0.1) is 0 Å². The van der Waals surface area contributed by atoms with Gasteiger partial charge in [-0.25, -0.2) is 0 Å². The topological polar surface area (TPSA) is 15.3 Å². The Labute approximate surface area is 127 Å². The predicted octanol–water partition coefficient (Wildman–Crippen LogP) is 4.55. The van der Waals surface area contributed by atoms with Crippen LogP contribution in [0.25, 0.3) is 0 Å². The van der Waals surface area contributed by atoms with Gasteiger partial charge in [-0.1, -0.05) is 30.3 Å². The lowest BCUT2D eigenvalue weighted by Gasteiger charge is -2.18. The highest BCUT2D eigenvalue weighted by molar-refractivity contribution is 5.62. The Morgan fingerprint density at radius 2 is 1.86 bits per heavy atom. The molecule has 2 nitrogen and oxygen atoms in total. The van der Waals surface area contributed by atoms with E-state index in [2.05, 4.69) is 73.7 Å². The molecular weight excluding hydrogens is 256 g/mol. The van der Waals surface area contributed by atoms with Crippen LogP contribution in [0.1, 0.15) is 35.4 Å². The Hall–Kier alpha value is -1.96. The molecule has 3 rings (SSSR count). The van der Waals surface area contributed by atoms with Crippen LogP contribution in [-0.4, -0.2) is 14.1 Å². The van der Waals surface area contributed by atoms with Crippen LogP contribution in [0.15, 0.2) is 42.5 Å². The zero-order valence-electron chi connectivity index (χ0n) is 13.2. The smallest absolute Gasteiger partial charge is 0.0411 e. The third kappa shape index (κ3) is 3.21. The molecule has 1 N–H and O–H groups in total. The van der Waals surface area contributed by atoms with Crippen molar-refractivity contribution in [1.29, 1.82) is 0 Å². The second-order valence-corrected chi connectivity index (χ2v) is 6.22. The van der Waals surface area contributed by atoms with Crippen molar-refractivity contribution in [1.82, 2.24) is 0 Å². The molecule has 1 saturated carbocycles. The molecule has 1 aliphatic rings. The van der Waals surface area contributed by atoms with Crippen molar-refractivity contribution in [3.8, 4) is 0 Å². The molecular formula is C19H24N2. The Morgan fingerprint density at radius 1 is 1.10 bits per heavy atom. The lowest BCUT2D eigenvalue weighted by Crippen LogP contribution is -2.11. The van der Waals surface area contributed by atoms with Crippen molar-refractivity contribution >= 4 is 11.4 Å². The first-order chi connectivity index (χ1) is 10.1. The van der Waals surface area contributed by atoms with E-state index in [9.17, 15) is 0 Å². The molecule has 2 heteroatoms. The molecule has 0 aromatic heterocycles. The van der Waals surface area contributed by atoms with Crippen molar-refractivity contribution in [2.45, 2.75) is 32.2 Å². The summed E-state index contributed by atoms with van der Waals surface area (Å²) in [5.74, 6) is 0.804. The fraction of sp³-hybridized carbons (Fsp3) is 0.368. The summed E-state index contributed by atoms with van der Waals surface area (Å²) in [5.41, 5.74) is 6.74. The van der Waals surface area contributed by atoms with Crippen LogP contribution in [0.3, 0.4) is 0 Å². The molecule has 0 atom stereocenters. The van der Waals surface area contributed by atoms with E-state index in [0.717, 1.165) is 12.5 Å². The molecule has 110 valence electrons. The van der Waals surface area contributed by atoms with E-state index in [1.165, 1.54) is 40.9 Å². The highest BCUT2D eigenvalue weighted by atomic mass is 15.1. The number of benzene rings is 2. The van der Waals surface area contributed by atoms with Gasteiger partial charge in [0.25, 0.3) is 0 Å². The minimum atomic E-state index is 0.804. The average Bonchev–Trinajstić information content (AvgIpc) is 3.31. The zero-order chi connectivity index (χ0) is 14.8. The number of anilines is 2. The number of hydrogen-bond donors (Lipinski definition) is 1. The number of hydrogen-bond acceptors (Lipinski definition) is 2. The molecule has 0 unspecified atom stereocenters. The fourth-order valence-electron chi connectivity index (χ4n) is 2.89. The SMILES string of the molecule is Cc1ccc(NCc2ccccc2C2CC2)cc1N(C)C. The standard InChI is InChI=1S/C19H24N2/c1-14-8-11-17(12-19(14)21(2)3)20-13-16-6-4-5-7-18(16)15-9-10-15/h4-8,11-12,15,20H,9-10,13H2,1-3H3. The highest BCUT2D eigenvalue weighted by Crippen LogP contribution is 2.41. The van der Waals surface area contributed by atoms with Gasteiger partial charge in [-0.15, -0.1) is 0 Å². The molecule has 0 heterocycles. The maximum Gasteiger partial charge on any atom is 0.0411 e. The van der Waals surface area contributed by atoms with Crippen molar-refractivity contribution in [3.05, 3.63) is 59.2 Å². The first kappa shape index (κ1) is 14.0. The molecule has 0 spiro atoms. The number of rotatable bonds is 5. The van der Waals surface area contributed by atoms with E-state index in [1.807, 2.05) is 0 Å². The average molecular weight is 280 g/mol. The maximum atomic E-state index is 3.58. The summed E-state index contributed by atoms with van der Waals surface area (Å²) in [6.07, 6.45) is 2.71. The van der Waals surface area contributed by atoms with Crippen molar-refractivity contribution in [2.24, 2.45) is 0 Å². The highest BCUT2D eigenvalue weighted by Gasteiger charge is 2.25. The summed E-state index contributed by atoms with van der Waals surface area (Å²) in [7, 11) is 4.18. The lowest BCUT2D eigenvalue weighted by atomic mass is 10.0. The summed E-state index contributed by atoms with van der Waals surface area (Å²) in [6.45, 7) is 3.06. The predicted molar refractivity (Wildman–Crippen MR) is 91.2 cm³/mol. The monoisotopic (exact) mass is 280 g/mol. The second kappa shape index (κ2) is 5.80. The summed E-state index contributed by atoms with van der Waals surface area (Å²) in [6, 6.07) is 15.4. The van der Waals surface area contributed by atoms with Gasteiger partial charge in [-0.3, -0.25) is 0 Å². The maximum absolute atomic E-state index is 3.58. The minimum Gasteiger partial charge on any atom is -0.381 e. The Kier molecular flexibility index (Phi) is 3.87. The van der Waals surface area contributed by atoms with Gasteiger partial charge in [0.15, 0.2) is 0 Å². The van der Waals surface area contributed by atoms with Crippen molar-refractivity contribution < 1.29 is 0 Å². The Balaban J connectivity index is 1.75. The van der Waals surface area contributed by atoms with Crippen LogP contribution >= 0.6 is 0 Å². The van der Waals surface area contributed by atoms with E-state index in [1.54, 1.807) is 0 Å². The summed E-state index contributed by atoms with van der Waals surface area (Å²) >= 11 is 0. The molecule has 1 aliphatic carbocycles. The summed E-state index contributed by atoms with van der Waals surface area (Å²) in [4.78, 5) is 2.17. The van der Waals surface area contributed by atoms with Crippen LogP contribution in [-0.2, 0) is 6.54 Å². The zero-order valence-corrected chi connectivity index (χ0v) is 13.2. The van der Waals surface area contributed by atoms with Gasteiger partial charge in [-0.05, 0) is 54.5 Å². The Bertz CT molecular complexity index is 627. The Morgan fingerprint density at radius 3 is 2.57 bits per heavy atom. The fourth-order valence-corrected chi connectivity index (χ4v) is 2.89. The molecule has 0 amide bonds. The third-order valence-electron chi connectivity index (χ3n) is 4.25. The van der Waals surface area contributed by atoms with Crippen LogP contribution in [0, 0.1) is 6.92 Å². The molecule has 0 bridgehead atoms. The van der Waals surface area contributed by atoms with Crippen molar-refractivity contribution in [2.75, 3.05) is 24.3 Å². The summed E-state index contributed by atoms with van der Waals surface area (Å²) < 4.78 is 0. The van der Waals surface area contributed by atoms with Gasteiger partial charge < -0.3 is 10.2 Å². The normalized spacial score (nSPS) is 14.0. The molecule has 0 saturated heterocycles. The van der Waals surface area contributed by atoms with Gasteiger partial charge in [0.2, 0.25) is 0 Å². The molecule has 21 heavy (non-hydrogen) atoms. The molecule has 0 radical (unpaired) electrons. The van der Waals surface area contributed by atoms with Crippen LogP contribution in [0.4, 0.5) is 11.4 Å². The number of nitrogens with one attached hydrogen (secondary N) is 1. The minimum absolute atomic E-state index is 0.804. The molecule has 1 fully saturated rings. The third-order valence-corrected chi connectivity index (χ3v) is 4.25. The number of nitrogens with zero attached hydrogens (tertiary/aromatic N) is 1. The lowest BCUT2D eigenvalue weighted by molar-refractivity contribution is 1.03. The largest absolute Gasteiger partial charge is 0.381 e. The first-order valence-corrected chi connectivity index (χ1v) is 7.75. The van der Waals surface area contributed by atoms with Gasteiger partial charge in [0.1, 0.15) is 0 Å². The van der Waals surface area contributed by atoms with Gasteiger partial charge in [-0.2, -0.15) is 0 Å². The van der Waals surface area contributed by atoms with Gasteiger partial charge in [0, 0.05) is 32.0 Å². The molecule has 2 aromatic carbocycles. The molecule has 2 aromatic rings.